The summed E-state index contributed by atoms with van der Waals surface area (Å²) in [5.74, 6) is 0.332. The number of carbonyl (C=O) groups is 1. The topological polar surface area (TPSA) is 111 Å². The molecule has 2 heterocycles. The second kappa shape index (κ2) is 8.98. The highest BCUT2D eigenvalue weighted by atomic mass is 35.5. The van der Waals surface area contributed by atoms with Gasteiger partial charge < -0.3 is 20.4 Å². The standard InChI is InChI=1S/C24H23ClN4O3/c1-13-9-16(14(2)31)11-20-22(13)29-23(28-20)21-19(7-8-26-24(21)32)27-17(12-30)10-15-5-3-4-6-18(15)25/h3-9,11,17,30H,10,12H2,1-2H3,(H,28,29)(H2,26,27,32)/t17-/m0/s1. The fourth-order valence-electron chi connectivity index (χ4n) is 3.76. The molecule has 1 atom stereocenters. The van der Waals surface area contributed by atoms with Crippen LogP contribution in [0.25, 0.3) is 22.4 Å². The van der Waals surface area contributed by atoms with Gasteiger partial charge in [-0.2, -0.15) is 0 Å². The second-order valence-electron chi connectivity index (χ2n) is 7.75. The van der Waals surface area contributed by atoms with Crippen molar-refractivity contribution in [2.75, 3.05) is 11.9 Å². The number of carbonyl (C=O) groups excluding carboxylic acids is 1. The van der Waals surface area contributed by atoms with Gasteiger partial charge in [0.15, 0.2) is 5.78 Å². The maximum absolute atomic E-state index is 12.8. The van der Waals surface area contributed by atoms with Crippen molar-refractivity contribution in [1.82, 2.24) is 15.0 Å². The number of rotatable bonds is 7. The van der Waals surface area contributed by atoms with Crippen molar-refractivity contribution in [2.45, 2.75) is 26.3 Å². The van der Waals surface area contributed by atoms with Gasteiger partial charge in [-0.3, -0.25) is 9.59 Å². The molecule has 0 aliphatic carbocycles. The Kier molecular flexibility index (Phi) is 6.12. The van der Waals surface area contributed by atoms with Crippen LogP contribution in [0.3, 0.4) is 0 Å². The molecule has 2 aromatic carbocycles. The van der Waals surface area contributed by atoms with E-state index in [-0.39, 0.29) is 24.0 Å². The van der Waals surface area contributed by atoms with E-state index in [1.54, 1.807) is 30.5 Å². The van der Waals surface area contributed by atoms with Crippen LogP contribution in [0.1, 0.15) is 28.4 Å². The number of anilines is 1. The maximum atomic E-state index is 12.8. The number of aliphatic hydroxyl groups is 1. The molecule has 32 heavy (non-hydrogen) atoms. The summed E-state index contributed by atoms with van der Waals surface area (Å²) < 4.78 is 0. The number of hydrogen-bond donors (Lipinski definition) is 4. The SMILES string of the molecule is CC(=O)c1cc(C)c2nc(-c3c(N[C@H](CO)Cc4ccccc4Cl)cc[nH]c3=O)[nH]c2c1. The van der Waals surface area contributed by atoms with Crippen molar-refractivity contribution in [3.05, 3.63) is 80.7 Å². The first kappa shape index (κ1) is 21.8. The Bertz CT molecular complexity index is 1360. The molecule has 0 unspecified atom stereocenters. The summed E-state index contributed by atoms with van der Waals surface area (Å²) in [7, 11) is 0. The first-order valence-corrected chi connectivity index (χ1v) is 10.6. The molecule has 0 amide bonds. The van der Waals surface area contributed by atoms with Gasteiger partial charge in [0.05, 0.1) is 29.4 Å². The number of aryl methyl sites for hydroxylation is 1. The van der Waals surface area contributed by atoms with Gasteiger partial charge in [-0.25, -0.2) is 4.98 Å². The molecule has 0 bridgehead atoms. The number of H-pyrrole nitrogens is 2. The van der Waals surface area contributed by atoms with Gasteiger partial charge in [0.25, 0.3) is 5.56 Å². The first-order valence-electron chi connectivity index (χ1n) is 10.2. The van der Waals surface area contributed by atoms with Crippen LogP contribution >= 0.6 is 11.6 Å². The molecule has 164 valence electrons. The minimum Gasteiger partial charge on any atom is -0.394 e. The number of ketones is 1. The third-order valence-electron chi connectivity index (χ3n) is 5.39. The van der Waals surface area contributed by atoms with Gasteiger partial charge in [0.1, 0.15) is 11.4 Å². The van der Waals surface area contributed by atoms with Crippen molar-refractivity contribution in [1.29, 1.82) is 0 Å². The fraction of sp³-hybridized carbons (Fsp3) is 0.208. The van der Waals surface area contributed by atoms with Crippen LogP contribution in [0, 0.1) is 6.92 Å². The summed E-state index contributed by atoms with van der Waals surface area (Å²) in [6, 6.07) is 12.3. The summed E-state index contributed by atoms with van der Waals surface area (Å²) in [5.41, 5.74) is 4.20. The number of fused-ring (bicyclic) bond motifs is 1. The molecule has 0 aliphatic heterocycles. The Morgan fingerprint density at radius 1 is 1.25 bits per heavy atom. The highest BCUT2D eigenvalue weighted by Gasteiger charge is 2.19. The summed E-state index contributed by atoms with van der Waals surface area (Å²) >= 11 is 6.27. The summed E-state index contributed by atoms with van der Waals surface area (Å²) in [6.07, 6.45) is 2.02. The summed E-state index contributed by atoms with van der Waals surface area (Å²) in [6.45, 7) is 3.23. The quantitative estimate of drug-likeness (QED) is 0.317. The van der Waals surface area contributed by atoms with Gasteiger partial charge in [-0.15, -0.1) is 0 Å². The molecule has 0 radical (unpaired) electrons. The summed E-state index contributed by atoms with van der Waals surface area (Å²) in [5, 5.41) is 13.8. The van der Waals surface area contributed by atoms with Crippen LogP contribution in [0.5, 0.6) is 0 Å². The number of aromatic nitrogens is 3. The molecule has 0 spiro atoms. The van der Waals surface area contributed by atoms with Crippen LogP contribution in [0.4, 0.5) is 5.69 Å². The normalized spacial score (nSPS) is 12.1. The predicted molar refractivity (Wildman–Crippen MR) is 127 cm³/mol. The Balaban J connectivity index is 1.73. The Labute approximate surface area is 189 Å². The smallest absolute Gasteiger partial charge is 0.261 e. The van der Waals surface area contributed by atoms with Crippen molar-refractivity contribution in [3.63, 3.8) is 0 Å². The number of nitrogens with zero attached hydrogens (tertiary/aromatic N) is 1. The number of nitrogens with one attached hydrogen (secondary N) is 3. The van der Waals surface area contributed by atoms with Crippen LogP contribution in [-0.4, -0.2) is 38.5 Å². The van der Waals surface area contributed by atoms with Gasteiger partial charge in [-0.1, -0.05) is 29.8 Å². The third kappa shape index (κ3) is 4.30. The van der Waals surface area contributed by atoms with E-state index < -0.39 is 0 Å². The number of halogens is 1. The molecule has 0 saturated carbocycles. The number of pyridine rings is 1. The van der Waals surface area contributed by atoms with E-state index in [0.29, 0.717) is 45.1 Å². The average molecular weight is 451 g/mol. The number of Topliss-reactive ketones (excluding diaryl/α,β-unsaturated/α-hetero) is 1. The lowest BCUT2D eigenvalue weighted by Crippen LogP contribution is -2.28. The second-order valence-corrected chi connectivity index (χ2v) is 8.15. The highest BCUT2D eigenvalue weighted by Crippen LogP contribution is 2.27. The lowest BCUT2D eigenvalue weighted by molar-refractivity contribution is 0.101. The predicted octanol–water partition coefficient (Wildman–Crippen LogP) is 4.10. The number of benzene rings is 2. The van der Waals surface area contributed by atoms with E-state index >= 15 is 0 Å². The minimum atomic E-state index is -0.370. The van der Waals surface area contributed by atoms with Gasteiger partial charge >= 0.3 is 0 Å². The van der Waals surface area contributed by atoms with E-state index in [0.717, 1.165) is 11.1 Å². The molecule has 8 heteroatoms. The van der Waals surface area contributed by atoms with Crippen LogP contribution < -0.4 is 10.9 Å². The molecule has 4 rings (SSSR count). The highest BCUT2D eigenvalue weighted by molar-refractivity contribution is 6.31. The van der Waals surface area contributed by atoms with Crippen molar-refractivity contribution < 1.29 is 9.90 Å². The van der Waals surface area contributed by atoms with E-state index in [1.165, 1.54) is 6.92 Å². The Morgan fingerprint density at radius 2 is 2.03 bits per heavy atom. The zero-order valence-electron chi connectivity index (χ0n) is 17.7. The van der Waals surface area contributed by atoms with E-state index in [1.807, 2.05) is 25.1 Å². The fourth-order valence-corrected chi connectivity index (χ4v) is 3.97. The van der Waals surface area contributed by atoms with Crippen LogP contribution in [-0.2, 0) is 6.42 Å². The van der Waals surface area contributed by atoms with Gasteiger partial charge in [-0.05, 0) is 55.7 Å². The molecular weight excluding hydrogens is 428 g/mol. The van der Waals surface area contributed by atoms with Crippen LogP contribution in [0.15, 0.2) is 53.5 Å². The molecular formula is C24H23ClN4O3. The maximum Gasteiger partial charge on any atom is 0.261 e. The van der Waals surface area contributed by atoms with Gasteiger partial charge in [0.2, 0.25) is 0 Å². The molecule has 7 nitrogen and oxygen atoms in total. The third-order valence-corrected chi connectivity index (χ3v) is 5.75. The first-order chi connectivity index (χ1) is 15.4. The monoisotopic (exact) mass is 450 g/mol. The van der Waals surface area contributed by atoms with Crippen LogP contribution in [0.2, 0.25) is 5.02 Å². The number of aromatic amines is 2. The molecule has 0 fully saturated rings. The molecule has 0 saturated heterocycles. The average Bonchev–Trinajstić information content (AvgIpc) is 3.19. The number of imidazole rings is 1. The molecule has 4 aromatic rings. The van der Waals surface area contributed by atoms with E-state index in [4.69, 9.17) is 11.6 Å². The number of hydrogen-bond acceptors (Lipinski definition) is 5. The lowest BCUT2D eigenvalue weighted by Gasteiger charge is -2.19. The zero-order valence-corrected chi connectivity index (χ0v) is 18.5. The zero-order chi connectivity index (χ0) is 22.8. The molecule has 0 aliphatic rings. The summed E-state index contributed by atoms with van der Waals surface area (Å²) in [4.78, 5) is 35.1. The van der Waals surface area contributed by atoms with Crippen molar-refractivity contribution in [3.8, 4) is 11.4 Å². The molecule has 4 N–H and O–H groups in total. The lowest BCUT2D eigenvalue weighted by atomic mass is 10.1. The molecule has 2 aromatic heterocycles. The largest absolute Gasteiger partial charge is 0.394 e. The van der Waals surface area contributed by atoms with Crippen molar-refractivity contribution >= 4 is 34.1 Å². The minimum absolute atomic E-state index is 0.0450. The van der Waals surface area contributed by atoms with E-state index in [9.17, 15) is 14.7 Å². The number of aliphatic hydroxyl groups excluding tert-OH is 1. The van der Waals surface area contributed by atoms with E-state index in [2.05, 4.69) is 20.3 Å². The Hall–Kier alpha value is -3.42. The van der Waals surface area contributed by atoms with Crippen molar-refractivity contribution in [2.24, 2.45) is 0 Å². The van der Waals surface area contributed by atoms with Gasteiger partial charge in [0, 0.05) is 16.8 Å². The Morgan fingerprint density at radius 3 is 2.75 bits per heavy atom.